The lowest BCUT2D eigenvalue weighted by atomic mass is 10.2. The molecule has 2 aromatic rings. The average Bonchev–Trinajstić information content (AvgIpc) is 3.17. The Balaban J connectivity index is 1.31. The number of halogens is 2. The predicted octanol–water partition coefficient (Wildman–Crippen LogP) is 5.06. The molecule has 1 saturated heterocycles. The zero-order valence-corrected chi connectivity index (χ0v) is 17.7. The number of fused-ring (bicyclic) bond motifs is 1. The van der Waals surface area contributed by atoms with Crippen LogP contribution in [-0.4, -0.2) is 30.1 Å². The van der Waals surface area contributed by atoms with Gasteiger partial charge in [0, 0.05) is 31.3 Å². The number of oxazole rings is 1. The summed E-state index contributed by atoms with van der Waals surface area (Å²) < 4.78 is 26.3. The van der Waals surface area contributed by atoms with Crippen molar-refractivity contribution in [2.24, 2.45) is 11.8 Å². The van der Waals surface area contributed by atoms with Gasteiger partial charge >= 0.3 is 0 Å². The van der Waals surface area contributed by atoms with Gasteiger partial charge < -0.3 is 19.4 Å². The molecule has 1 aliphatic heterocycles. The molecule has 1 N–H and O–H groups in total. The second kappa shape index (κ2) is 7.76. The van der Waals surface area contributed by atoms with Gasteiger partial charge in [-0.25, -0.2) is 4.39 Å². The molecule has 5 rings (SSSR count). The van der Waals surface area contributed by atoms with E-state index in [-0.39, 0.29) is 28.3 Å². The average molecular weight is 434 g/mol. The summed E-state index contributed by atoms with van der Waals surface area (Å²) in [4.78, 5) is 19.2. The van der Waals surface area contributed by atoms with E-state index in [4.69, 9.17) is 20.8 Å². The Morgan fingerprint density at radius 3 is 2.70 bits per heavy atom. The maximum atomic E-state index is 14.7. The Morgan fingerprint density at radius 1 is 1.30 bits per heavy atom. The van der Waals surface area contributed by atoms with E-state index < -0.39 is 11.7 Å². The lowest BCUT2D eigenvalue weighted by molar-refractivity contribution is 0.102. The Morgan fingerprint density at radius 2 is 2.03 bits per heavy atom. The topological polar surface area (TPSA) is 67.6 Å². The molecule has 6 nitrogen and oxygen atoms in total. The molecule has 0 bridgehead atoms. The molecule has 1 aromatic carbocycles. The monoisotopic (exact) mass is 433 g/mol. The Kier molecular flexibility index (Phi) is 5.09. The highest BCUT2D eigenvalue weighted by molar-refractivity contribution is 6.32. The molecule has 3 atom stereocenters. The van der Waals surface area contributed by atoms with Crippen LogP contribution < -0.4 is 15.0 Å². The van der Waals surface area contributed by atoms with Crippen molar-refractivity contribution in [1.29, 1.82) is 0 Å². The van der Waals surface area contributed by atoms with Gasteiger partial charge in [-0.15, -0.1) is 0 Å². The van der Waals surface area contributed by atoms with Crippen LogP contribution in [0.2, 0.25) is 5.02 Å². The number of ether oxygens (including phenoxy) is 1. The number of amides is 1. The molecule has 3 aliphatic rings. The largest absolute Gasteiger partial charge is 0.486 e. The molecule has 2 unspecified atom stereocenters. The number of carbonyl (C=O) groups excluding carboxylic acids is 1. The number of aryl methyl sites for hydroxylation is 1. The maximum absolute atomic E-state index is 14.7. The van der Waals surface area contributed by atoms with E-state index in [2.05, 4.69) is 10.3 Å². The van der Waals surface area contributed by atoms with Crippen molar-refractivity contribution in [2.45, 2.75) is 51.6 Å². The van der Waals surface area contributed by atoms with Gasteiger partial charge in [0.25, 0.3) is 11.9 Å². The number of hydrogen-bond acceptors (Lipinski definition) is 5. The number of hydrogen-bond donors (Lipinski definition) is 1. The van der Waals surface area contributed by atoms with Crippen LogP contribution in [-0.2, 0) is 6.42 Å². The summed E-state index contributed by atoms with van der Waals surface area (Å²) >= 11 is 6.28. The third kappa shape index (κ3) is 3.75. The Labute approximate surface area is 179 Å². The third-order valence-electron chi connectivity index (χ3n) is 6.34. The van der Waals surface area contributed by atoms with Gasteiger partial charge in [-0.2, -0.15) is 4.98 Å². The lowest BCUT2D eigenvalue weighted by Crippen LogP contribution is -2.19. The third-order valence-corrected chi connectivity index (χ3v) is 6.62. The van der Waals surface area contributed by atoms with Gasteiger partial charge in [-0.1, -0.05) is 18.5 Å². The van der Waals surface area contributed by atoms with Gasteiger partial charge in [-0.05, 0) is 50.0 Å². The number of anilines is 2. The molecule has 2 heterocycles. The molecule has 0 spiro atoms. The molecule has 1 amide bonds. The number of benzene rings is 1. The molecule has 2 saturated carbocycles. The number of nitrogens with one attached hydrogen (secondary N) is 1. The van der Waals surface area contributed by atoms with E-state index >= 15 is 0 Å². The highest BCUT2D eigenvalue weighted by Crippen LogP contribution is 2.53. The zero-order valence-electron chi connectivity index (χ0n) is 16.9. The van der Waals surface area contributed by atoms with Crippen LogP contribution in [0.5, 0.6) is 5.75 Å². The van der Waals surface area contributed by atoms with Crippen molar-refractivity contribution >= 4 is 29.2 Å². The number of nitrogens with zero attached hydrogens (tertiary/aromatic N) is 2. The quantitative estimate of drug-likeness (QED) is 0.689. The van der Waals surface area contributed by atoms with Crippen LogP contribution >= 0.6 is 11.6 Å². The standard InChI is InChI=1S/C22H25ClFN3O3/c1-2-18-19(26-22(30-18)27-5-3-4-6-27)21(28)25-14-10-16(23)20(17(24)11-14)29-15-8-12-7-13(12)9-15/h10-13,15H,2-9H2,1H3,(H,25,28)/t12-,13?,15?/m0/s1. The second-order valence-electron chi connectivity index (χ2n) is 8.51. The summed E-state index contributed by atoms with van der Waals surface area (Å²) in [5.74, 6) is 1.02. The van der Waals surface area contributed by atoms with Crippen molar-refractivity contribution in [2.75, 3.05) is 23.3 Å². The van der Waals surface area contributed by atoms with Gasteiger partial charge in [0.1, 0.15) is 5.76 Å². The van der Waals surface area contributed by atoms with Crippen molar-refractivity contribution in [3.63, 3.8) is 0 Å². The van der Waals surface area contributed by atoms with Gasteiger partial charge in [0.2, 0.25) is 0 Å². The molecule has 0 radical (unpaired) electrons. The van der Waals surface area contributed by atoms with Crippen molar-refractivity contribution in [1.82, 2.24) is 4.98 Å². The van der Waals surface area contributed by atoms with E-state index in [1.165, 1.54) is 18.6 Å². The Hall–Kier alpha value is -2.28. The van der Waals surface area contributed by atoms with Crippen molar-refractivity contribution in [3.05, 3.63) is 34.4 Å². The van der Waals surface area contributed by atoms with Crippen LogP contribution in [0.4, 0.5) is 16.1 Å². The molecule has 30 heavy (non-hydrogen) atoms. The van der Waals surface area contributed by atoms with Crippen LogP contribution in [0.15, 0.2) is 16.5 Å². The first kappa shape index (κ1) is 19.7. The van der Waals surface area contributed by atoms with Gasteiger partial charge in [-0.3, -0.25) is 4.79 Å². The first-order valence-corrected chi connectivity index (χ1v) is 11.1. The molecule has 2 aliphatic carbocycles. The fourth-order valence-electron chi connectivity index (χ4n) is 4.66. The number of carbonyl (C=O) groups is 1. The van der Waals surface area contributed by atoms with Crippen LogP contribution in [0, 0.1) is 17.7 Å². The summed E-state index contributed by atoms with van der Waals surface area (Å²) in [7, 11) is 0. The summed E-state index contributed by atoms with van der Waals surface area (Å²) in [6, 6.07) is 3.22. The summed E-state index contributed by atoms with van der Waals surface area (Å²) in [5, 5.41) is 2.85. The molecule has 8 heteroatoms. The van der Waals surface area contributed by atoms with Gasteiger partial charge in [0.05, 0.1) is 11.1 Å². The Bertz CT molecular complexity index is 940. The summed E-state index contributed by atoms with van der Waals surface area (Å²) in [6.07, 6.45) is 5.91. The van der Waals surface area contributed by atoms with Crippen LogP contribution in [0.1, 0.15) is 55.3 Å². The highest BCUT2D eigenvalue weighted by Gasteiger charge is 2.47. The van der Waals surface area contributed by atoms with Crippen molar-refractivity contribution < 1.29 is 18.3 Å². The number of aromatic nitrogens is 1. The smallest absolute Gasteiger partial charge is 0.298 e. The lowest BCUT2D eigenvalue weighted by Gasteiger charge is -2.17. The minimum atomic E-state index is -0.577. The van der Waals surface area contributed by atoms with E-state index in [1.807, 2.05) is 11.8 Å². The SMILES string of the molecule is CCc1oc(N2CCCC2)nc1C(=O)Nc1cc(F)c(OC2CC3C[C@H]3C2)c(Cl)c1. The molecular weight excluding hydrogens is 409 g/mol. The molecule has 1 aromatic heterocycles. The molecular formula is C22H25ClFN3O3. The zero-order chi connectivity index (χ0) is 20.8. The van der Waals surface area contributed by atoms with Crippen LogP contribution in [0.3, 0.4) is 0 Å². The maximum Gasteiger partial charge on any atom is 0.298 e. The van der Waals surface area contributed by atoms with E-state index in [0.29, 0.717) is 18.2 Å². The fourth-order valence-corrected chi connectivity index (χ4v) is 4.91. The first-order chi connectivity index (χ1) is 14.5. The van der Waals surface area contributed by atoms with Crippen LogP contribution in [0.25, 0.3) is 0 Å². The minimum Gasteiger partial charge on any atom is -0.486 e. The van der Waals surface area contributed by atoms with Crippen molar-refractivity contribution in [3.8, 4) is 5.75 Å². The number of rotatable bonds is 6. The fraction of sp³-hybridized carbons (Fsp3) is 0.545. The minimum absolute atomic E-state index is 0.0208. The summed E-state index contributed by atoms with van der Waals surface area (Å²) in [6.45, 7) is 3.64. The highest BCUT2D eigenvalue weighted by atomic mass is 35.5. The van der Waals surface area contributed by atoms with E-state index in [1.54, 1.807) is 0 Å². The second-order valence-corrected chi connectivity index (χ2v) is 8.91. The first-order valence-electron chi connectivity index (χ1n) is 10.7. The predicted molar refractivity (Wildman–Crippen MR) is 112 cm³/mol. The van der Waals surface area contributed by atoms with E-state index in [0.717, 1.165) is 50.6 Å². The van der Waals surface area contributed by atoms with Gasteiger partial charge in [0.15, 0.2) is 17.3 Å². The molecule has 160 valence electrons. The van der Waals surface area contributed by atoms with E-state index in [9.17, 15) is 9.18 Å². The normalized spacial score (nSPS) is 24.8. The summed E-state index contributed by atoms with van der Waals surface area (Å²) in [5.41, 5.74) is 0.485. The molecule has 3 fully saturated rings.